The fourth-order valence-corrected chi connectivity index (χ4v) is 1.72. The van der Waals surface area contributed by atoms with Crippen molar-refractivity contribution >= 4 is 5.82 Å². The van der Waals surface area contributed by atoms with E-state index in [0.29, 0.717) is 5.92 Å². The Labute approximate surface area is 117 Å². The summed E-state index contributed by atoms with van der Waals surface area (Å²) in [6.45, 7) is 12.6. The third-order valence-corrected chi connectivity index (χ3v) is 3.23. The van der Waals surface area contributed by atoms with Crippen LogP contribution in [0.25, 0.3) is 0 Å². The average Bonchev–Trinajstić information content (AvgIpc) is 2.38. The molecule has 0 aliphatic heterocycles. The van der Waals surface area contributed by atoms with Crippen LogP contribution in [0.2, 0.25) is 0 Å². The smallest absolute Gasteiger partial charge is 0.144 e. The van der Waals surface area contributed by atoms with Gasteiger partial charge in [0.05, 0.1) is 18.1 Å². The van der Waals surface area contributed by atoms with E-state index in [2.05, 4.69) is 55.2 Å². The Bertz CT molecular complexity index is 349. The molecule has 0 atom stereocenters. The van der Waals surface area contributed by atoms with Crippen molar-refractivity contribution in [3.8, 4) is 0 Å². The zero-order valence-corrected chi connectivity index (χ0v) is 13.0. The van der Waals surface area contributed by atoms with Gasteiger partial charge in [-0.2, -0.15) is 0 Å². The van der Waals surface area contributed by atoms with Gasteiger partial charge in [-0.3, -0.25) is 4.98 Å². The summed E-state index contributed by atoms with van der Waals surface area (Å²) < 4.78 is 0. The van der Waals surface area contributed by atoms with Crippen LogP contribution in [-0.4, -0.2) is 22.1 Å². The molecule has 4 heteroatoms. The van der Waals surface area contributed by atoms with Crippen LogP contribution in [0.1, 0.15) is 53.2 Å². The molecule has 1 aromatic rings. The number of hydrogen-bond acceptors (Lipinski definition) is 4. The first-order chi connectivity index (χ1) is 8.94. The van der Waals surface area contributed by atoms with Gasteiger partial charge in [-0.1, -0.05) is 26.7 Å². The molecule has 0 aliphatic carbocycles. The molecule has 0 unspecified atom stereocenters. The third-order valence-electron chi connectivity index (χ3n) is 3.23. The van der Waals surface area contributed by atoms with E-state index in [9.17, 15) is 0 Å². The Morgan fingerprint density at radius 1 is 1.11 bits per heavy atom. The Hall–Kier alpha value is -1.16. The second-order valence-electron chi connectivity index (χ2n) is 6.06. The number of rotatable bonds is 7. The van der Waals surface area contributed by atoms with Crippen LogP contribution in [-0.2, 0) is 6.54 Å². The Morgan fingerprint density at radius 3 is 2.26 bits per heavy atom. The van der Waals surface area contributed by atoms with E-state index >= 15 is 0 Å². The maximum atomic E-state index is 4.42. The highest BCUT2D eigenvalue weighted by Gasteiger charge is 2.09. The minimum Gasteiger partial charge on any atom is -0.369 e. The molecule has 108 valence electrons. The molecule has 0 aromatic carbocycles. The molecule has 1 heterocycles. The van der Waals surface area contributed by atoms with E-state index in [1.165, 1.54) is 12.8 Å². The lowest BCUT2D eigenvalue weighted by atomic mass is 10.0. The Balaban J connectivity index is 2.43. The van der Waals surface area contributed by atoms with Crippen LogP contribution in [0.4, 0.5) is 5.82 Å². The summed E-state index contributed by atoms with van der Waals surface area (Å²) in [4.78, 5) is 8.83. The lowest BCUT2D eigenvalue weighted by molar-refractivity contribution is 0.421. The van der Waals surface area contributed by atoms with Crippen molar-refractivity contribution in [1.82, 2.24) is 15.3 Å². The van der Waals surface area contributed by atoms with E-state index in [-0.39, 0.29) is 5.54 Å². The Morgan fingerprint density at radius 2 is 1.79 bits per heavy atom. The molecule has 1 rings (SSSR count). The van der Waals surface area contributed by atoms with Gasteiger partial charge in [-0.15, -0.1) is 0 Å². The van der Waals surface area contributed by atoms with Gasteiger partial charge in [0.15, 0.2) is 0 Å². The predicted octanol–water partition coefficient (Wildman–Crippen LogP) is 3.21. The quantitative estimate of drug-likeness (QED) is 0.794. The monoisotopic (exact) mass is 264 g/mol. The molecule has 0 saturated heterocycles. The fraction of sp³-hybridized carbons (Fsp3) is 0.733. The molecule has 0 radical (unpaired) electrons. The Kier molecular flexibility index (Phi) is 6.22. The highest BCUT2D eigenvalue weighted by molar-refractivity contribution is 5.30. The number of nitrogens with zero attached hydrogens (tertiary/aromatic N) is 2. The summed E-state index contributed by atoms with van der Waals surface area (Å²) in [6, 6.07) is 0. The topological polar surface area (TPSA) is 49.8 Å². The normalized spacial score (nSPS) is 11.9. The number of nitrogens with one attached hydrogen (secondary N) is 2. The summed E-state index contributed by atoms with van der Waals surface area (Å²) in [5.41, 5.74) is 1.08. The van der Waals surface area contributed by atoms with E-state index in [1.54, 1.807) is 0 Å². The molecule has 1 aromatic heterocycles. The van der Waals surface area contributed by atoms with Crippen LogP contribution in [0, 0.1) is 5.92 Å². The standard InChI is InChI=1S/C15H28N4/c1-6-12(7-2)8-17-14-11-16-13(9-18-14)10-19-15(3,4)5/h9,11-12,19H,6-8,10H2,1-5H3,(H,17,18). The van der Waals surface area contributed by atoms with Crippen molar-refractivity contribution < 1.29 is 0 Å². The predicted molar refractivity (Wildman–Crippen MR) is 81.2 cm³/mol. The molecule has 0 aliphatic rings. The van der Waals surface area contributed by atoms with Gasteiger partial charge in [-0.05, 0) is 26.7 Å². The van der Waals surface area contributed by atoms with Crippen LogP contribution < -0.4 is 10.6 Å². The second-order valence-corrected chi connectivity index (χ2v) is 6.06. The van der Waals surface area contributed by atoms with Gasteiger partial charge in [0.2, 0.25) is 0 Å². The van der Waals surface area contributed by atoms with Crippen LogP contribution in [0.15, 0.2) is 12.4 Å². The molecule has 0 fully saturated rings. The summed E-state index contributed by atoms with van der Waals surface area (Å²) in [5, 5.41) is 6.76. The zero-order valence-electron chi connectivity index (χ0n) is 13.0. The molecular weight excluding hydrogens is 236 g/mol. The van der Waals surface area contributed by atoms with Crippen LogP contribution >= 0.6 is 0 Å². The van der Waals surface area contributed by atoms with E-state index in [1.807, 2.05) is 12.4 Å². The van der Waals surface area contributed by atoms with Gasteiger partial charge >= 0.3 is 0 Å². The summed E-state index contributed by atoms with van der Waals surface area (Å²) in [5.74, 6) is 1.58. The molecule has 0 saturated carbocycles. The molecule has 19 heavy (non-hydrogen) atoms. The summed E-state index contributed by atoms with van der Waals surface area (Å²) >= 11 is 0. The van der Waals surface area contributed by atoms with E-state index < -0.39 is 0 Å². The maximum absolute atomic E-state index is 4.42. The number of anilines is 1. The van der Waals surface area contributed by atoms with Crippen molar-refractivity contribution in [3.63, 3.8) is 0 Å². The lowest BCUT2D eigenvalue weighted by Gasteiger charge is -2.20. The molecule has 2 N–H and O–H groups in total. The minimum atomic E-state index is 0.105. The van der Waals surface area contributed by atoms with Crippen molar-refractivity contribution in [3.05, 3.63) is 18.1 Å². The van der Waals surface area contributed by atoms with E-state index in [4.69, 9.17) is 0 Å². The molecule has 0 bridgehead atoms. The van der Waals surface area contributed by atoms with Gasteiger partial charge in [0.1, 0.15) is 5.82 Å². The van der Waals surface area contributed by atoms with Gasteiger partial charge in [-0.25, -0.2) is 4.98 Å². The zero-order chi connectivity index (χ0) is 14.3. The first kappa shape index (κ1) is 15.9. The lowest BCUT2D eigenvalue weighted by Crippen LogP contribution is -2.35. The van der Waals surface area contributed by atoms with Crippen LogP contribution in [0.3, 0.4) is 0 Å². The average molecular weight is 264 g/mol. The van der Waals surface area contributed by atoms with Crippen molar-refractivity contribution in [2.75, 3.05) is 11.9 Å². The van der Waals surface area contributed by atoms with Crippen molar-refractivity contribution in [2.45, 2.75) is 59.5 Å². The van der Waals surface area contributed by atoms with Crippen molar-refractivity contribution in [2.24, 2.45) is 5.92 Å². The second kappa shape index (κ2) is 7.43. The fourth-order valence-electron chi connectivity index (χ4n) is 1.72. The third kappa shape index (κ3) is 6.53. The number of aromatic nitrogens is 2. The van der Waals surface area contributed by atoms with Gasteiger partial charge < -0.3 is 10.6 Å². The molecular formula is C15H28N4. The number of hydrogen-bond donors (Lipinski definition) is 2. The molecule has 0 spiro atoms. The summed E-state index contributed by atoms with van der Waals surface area (Å²) in [7, 11) is 0. The van der Waals surface area contributed by atoms with E-state index in [0.717, 1.165) is 24.6 Å². The molecule has 0 amide bonds. The van der Waals surface area contributed by atoms with Gasteiger partial charge in [0, 0.05) is 18.6 Å². The largest absolute Gasteiger partial charge is 0.369 e. The minimum absolute atomic E-state index is 0.105. The SMILES string of the molecule is CCC(CC)CNc1cnc(CNC(C)(C)C)cn1. The first-order valence-electron chi connectivity index (χ1n) is 7.24. The van der Waals surface area contributed by atoms with Gasteiger partial charge in [0.25, 0.3) is 0 Å². The molecule has 4 nitrogen and oxygen atoms in total. The first-order valence-corrected chi connectivity index (χ1v) is 7.24. The van der Waals surface area contributed by atoms with Crippen LogP contribution in [0.5, 0.6) is 0 Å². The highest BCUT2D eigenvalue weighted by Crippen LogP contribution is 2.09. The highest BCUT2D eigenvalue weighted by atomic mass is 15.0. The summed E-state index contributed by atoms with van der Waals surface area (Å²) in [6.07, 6.45) is 6.06. The maximum Gasteiger partial charge on any atom is 0.144 e. The van der Waals surface area contributed by atoms with Crippen molar-refractivity contribution in [1.29, 1.82) is 0 Å².